The molecular formula is C22H25N5O4S. The molecule has 3 aromatic rings. The van der Waals surface area contributed by atoms with Crippen LogP contribution in [-0.4, -0.2) is 48.0 Å². The Morgan fingerprint density at radius 2 is 2.12 bits per heavy atom. The Morgan fingerprint density at radius 3 is 2.91 bits per heavy atom. The lowest BCUT2D eigenvalue weighted by Crippen LogP contribution is -2.47. The average molecular weight is 456 g/mol. The minimum absolute atomic E-state index is 0.0333. The molecule has 1 aliphatic heterocycles. The second kappa shape index (κ2) is 8.62. The van der Waals surface area contributed by atoms with Crippen LogP contribution in [-0.2, 0) is 19.1 Å². The van der Waals surface area contributed by atoms with Crippen LogP contribution in [0.5, 0.6) is 0 Å². The largest absolute Gasteiger partial charge is 0.366 e. The second-order valence-corrected chi connectivity index (χ2v) is 9.43. The molecule has 4 rings (SSSR count). The number of carbonyl (C=O) groups excluding carboxylic acids is 1. The summed E-state index contributed by atoms with van der Waals surface area (Å²) in [6, 6.07) is 7.02. The molecule has 1 aromatic carbocycles. The van der Waals surface area contributed by atoms with Gasteiger partial charge in [-0.2, -0.15) is 8.42 Å². The van der Waals surface area contributed by atoms with Crippen LogP contribution >= 0.6 is 0 Å². The fourth-order valence-electron chi connectivity index (χ4n) is 3.99. The van der Waals surface area contributed by atoms with Crippen LogP contribution in [0.1, 0.15) is 25.3 Å². The molecule has 1 fully saturated rings. The molecule has 1 saturated heterocycles. The molecule has 0 bridgehead atoms. The molecule has 0 radical (unpaired) electrons. The third-order valence-electron chi connectivity index (χ3n) is 5.63. The number of hydrogen-bond donors (Lipinski definition) is 2. The van der Waals surface area contributed by atoms with Crippen LogP contribution in [0.25, 0.3) is 11.0 Å². The predicted molar refractivity (Wildman–Crippen MR) is 122 cm³/mol. The molecule has 0 spiro atoms. The Bertz CT molecular complexity index is 1270. The third kappa shape index (κ3) is 4.31. The minimum atomic E-state index is -4.30. The summed E-state index contributed by atoms with van der Waals surface area (Å²) in [6.07, 6.45) is 5.89. The summed E-state index contributed by atoms with van der Waals surface area (Å²) in [7, 11) is -4.30. The van der Waals surface area contributed by atoms with Crippen molar-refractivity contribution in [1.29, 1.82) is 0 Å². The van der Waals surface area contributed by atoms with Gasteiger partial charge in [-0.1, -0.05) is 12.6 Å². The number of anilines is 2. The number of aromatic nitrogens is 3. The highest BCUT2D eigenvalue weighted by atomic mass is 32.2. The zero-order valence-corrected chi connectivity index (χ0v) is 18.7. The molecular weight excluding hydrogens is 430 g/mol. The van der Waals surface area contributed by atoms with E-state index in [0.717, 1.165) is 41.3 Å². The number of piperidine rings is 1. The van der Waals surface area contributed by atoms with Crippen LogP contribution in [0.15, 0.2) is 54.3 Å². The highest BCUT2D eigenvalue weighted by molar-refractivity contribution is 7.87. The minimum Gasteiger partial charge on any atom is -0.366 e. The van der Waals surface area contributed by atoms with Crippen molar-refractivity contribution < 1.29 is 17.4 Å². The monoisotopic (exact) mass is 455 g/mol. The van der Waals surface area contributed by atoms with Gasteiger partial charge >= 0.3 is 16.1 Å². The van der Waals surface area contributed by atoms with Crippen LogP contribution in [0.2, 0.25) is 0 Å². The fourth-order valence-corrected chi connectivity index (χ4v) is 5.03. The summed E-state index contributed by atoms with van der Waals surface area (Å²) in [5, 5.41) is 4.38. The van der Waals surface area contributed by atoms with Gasteiger partial charge in [0.15, 0.2) is 0 Å². The Morgan fingerprint density at radius 1 is 1.31 bits per heavy atom. The van der Waals surface area contributed by atoms with Crippen LogP contribution in [0.4, 0.5) is 11.5 Å². The SMILES string of the molecule is C=CC(=O)OS(=O)(=O)c1ccc(C)cc1N1CC(Nc2ncnc3[nH]ccc23)CC[C@@H]1C. The van der Waals surface area contributed by atoms with E-state index in [0.29, 0.717) is 12.2 Å². The van der Waals surface area contributed by atoms with Gasteiger partial charge in [0.2, 0.25) is 0 Å². The Labute approximate surface area is 186 Å². The molecule has 2 aromatic heterocycles. The number of nitrogens with zero attached hydrogens (tertiary/aromatic N) is 3. The first kappa shape index (κ1) is 21.8. The zero-order valence-electron chi connectivity index (χ0n) is 17.9. The number of H-pyrrole nitrogens is 1. The molecule has 32 heavy (non-hydrogen) atoms. The van der Waals surface area contributed by atoms with Crippen molar-refractivity contribution in [2.45, 2.75) is 43.7 Å². The number of aryl methyl sites for hydroxylation is 1. The smallest absolute Gasteiger partial charge is 0.346 e. The summed E-state index contributed by atoms with van der Waals surface area (Å²) in [4.78, 5) is 25.3. The van der Waals surface area contributed by atoms with Gasteiger partial charge in [-0.3, -0.25) is 0 Å². The van der Waals surface area contributed by atoms with Gasteiger partial charge in [-0.25, -0.2) is 14.8 Å². The van der Waals surface area contributed by atoms with Crippen LogP contribution in [0.3, 0.4) is 0 Å². The lowest BCUT2D eigenvalue weighted by atomic mass is 9.98. The zero-order chi connectivity index (χ0) is 22.9. The number of aromatic amines is 1. The molecule has 168 valence electrons. The molecule has 10 heteroatoms. The number of fused-ring (bicyclic) bond motifs is 1. The number of nitrogens with one attached hydrogen (secondary N) is 2. The normalized spacial score (nSPS) is 19.0. The molecule has 2 N–H and O–H groups in total. The van der Waals surface area contributed by atoms with Gasteiger partial charge in [-0.05, 0) is 50.5 Å². The van der Waals surface area contributed by atoms with Gasteiger partial charge in [0, 0.05) is 30.9 Å². The summed E-state index contributed by atoms with van der Waals surface area (Å²) in [5.41, 5.74) is 2.16. The molecule has 1 aliphatic rings. The first-order valence-electron chi connectivity index (χ1n) is 10.3. The molecule has 2 atom stereocenters. The van der Waals surface area contributed by atoms with Crippen molar-refractivity contribution in [2.75, 3.05) is 16.8 Å². The fraction of sp³-hybridized carbons (Fsp3) is 0.318. The highest BCUT2D eigenvalue weighted by Gasteiger charge is 2.32. The molecule has 0 saturated carbocycles. The van der Waals surface area contributed by atoms with Crippen molar-refractivity contribution in [1.82, 2.24) is 15.0 Å². The van der Waals surface area contributed by atoms with Crippen molar-refractivity contribution in [3.8, 4) is 0 Å². The maximum Gasteiger partial charge on any atom is 0.346 e. The Balaban J connectivity index is 1.65. The Kier molecular flexibility index (Phi) is 5.88. The third-order valence-corrected chi connectivity index (χ3v) is 6.90. The molecule has 3 heterocycles. The van der Waals surface area contributed by atoms with E-state index in [2.05, 4.69) is 33.8 Å². The lowest BCUT2D eigenvalue weighted by molar-refractivity contribution is -0.128. The first-order chi connectivity index (χ1) is 15.3. The summed E-state index contributed by atoms with van der Waals surface area (Å²) >= 11 is 0. The maximum absolute atomic E-state index is 12.8. The quantitative estimate of drug-likeness (QED) is 0.430. The van der Waals surface area contributed by atoms with Crippen LogP contribution < -0.4 is 10.2 Å². The predicted octanol–water partition coefficient (Wildman–Crippen LogP) is 3.15. The lowest BCUT2D eigenvalue weighted by Gasteiger charge is -2.40. The maximum atomic E-state index is 12.8. The number of benzene rings is 1. The number of carbonyl (C=O) groups is 1. The molecule has 0 amide bonds. The van der Waals surface area contributed by atoms with Crippen LogP contribution in [0, 0.1) is 6.92 Å². The van der Waals surface area contributed by atoms with Crippen molar-refractivity contribution >= 4 is 38.6 Å². The van der Waals surface area contributed by atoms with Gasteiger partial charge in [0.1, 0.15) is 22.7 Å². The van der Waals surface area contributed by atoms with Gasteiger partial charge < -0.3 is 19.4 Å². The van der Waals surface area contributed by atoms with Crippen molar-refractivity contribution in [3.05, 3.63) is 55.0 Å². The molecule has 1 unspecified atom stereocenters. The van der Waals surface area contributed by atoms with Crippen molar-refractivity contribution in [2.24, 2.45) is 0 Å². The average Bonchev–Trinajstić information content (AvgIpc) is 3.24. The second-order valence-electron chi connectivity index (χ2n) is 7.91. The van der Waals surface area contributed by atoms with Gasteiger partial charge in [0.25, 0.3) is 0 Å². The molecule has 0 aliphatic carbocycles. The van der Waals surface area contributed by atoms with Gasteiger partial charge in [0.05, 0.1) is 11.1 Å². The number of rotatable bonds is 6. The van der Waals surface area contributed by atoms with E-state index >= 15 is 0 Å². The highest BCUT2D eigenvalue weighted by Crippen LogP contribution is 2.33. The number of hydrogen-bond acceptors (Lipinski definition) is 8. The standard InChI is InChI=1S/C22H25N5O4S/c1-4-20(28)31-32(29,30)19-8-5-14(2)11-18(19)27-12-16(7-6-15(27)3)26-22-17-9-10-23-21(17)24-13-25-22/h4-5,8-11,13,15-16H,1,6-7,12H2,2-3H3,(H2,23,24,25,26)/t15-,16?/m0/s1. The Hall–Kier alpha value is -3.40. The van der Waals surface area contributed by atoms with E-state index < -0.39 is 16.1 Å². The van der Waals surface area contributed by atoms with E-state index in [1.807, 2.05) is 30.2 Å². The summed E-state index contributed by atoms with van der Waals surface area (Å²) in [6.45, 7) is 7.78. The van der Waals surface area contributed by atoms with E-state index in [-0.39, 0.29) is 17.0 Å². The summed E-state index contributed by atoms with van der Waals surface area (Å²) < 4.78 is 30.3. The van der Waals surface area contributed by atoms with Crippen molar-refractivity contribution in [3.63, 3.8) is 0 Å². The topological polar surface area (TPSA) is 117 Å². The summed E-state index contributed by atoms with van der Waals surface area (Å²) in [5.74, 6) is -0.283. The van der Waals surface area contributed by atoms with E-state index in [1.165, 1.54) is 12.4 Å². The van der Waals surface area contributed by atoms with E-state index in [9.17, 15) is 13.2 Å². The molecule has 9 nitrogen and oxygen atoms in total. The van der Waals surface area contributed by atoms with Gasteiger partial charge in [-0.15, -0.1) is 0 Å². The first-order valence-corrected chi connectivity index (χ1v) is 11.7. The van der Waals surface area contributed by atoms with E-state index in [4.69, 9.17) is 4.18 Å². The van der Waals surface area contributed by atoms with E-state index in [1.54, 1.807) is 6.07 Å².